The average Bonchev–Trinajstić information content (AvgIpc) is 2.93. The molecule has 94 valence electrons. The third-order valence-electron chi connectivity index (χ3n) is 3.47. The van der Waals surface area contributed by atoms with Gasteiger partial charge in [0.25, 0.3) is 0 Å². The minimum Gasteiger partial charge on any atom is -0.298 e. The van der Waals surface area contributed by atoms with Gasteiger partial charge in [-0.3, -0.25) is 14.9 Å². The third kappa shape index (κ3) is 2.76. The fourth-order valence-electron chi connectivity index (χ4n) is 2.60. The van der Waals surface area contributed by atoms with E-state index in [1.165, 1.54) is 30.0 Å². The molecule has 2 aromatic heterocycles. The van der Waals surface area contributed by atoms with Gasteiger partial charge in [-0.2, -0.15) is 0 Å². The first-order valence-electron chi connectivity index (χ1n) is 6.42. The molecular formula is C14H17N3S. The summed E-state index contributed by atoms with van der Waals surface area (Å²) in [5.41, 5.74) is 3.15. The molecule has 3 nitrogen and oxygen atoms in total. The van der Waals surface area contributed by atoms with Crippen LogP contribution in [-0.4, -0.2) is 28.0 Å². The van der Waals surface area contributed by atoms with E-state index in [1.807, 2.05) is 24.0 Å². The monoisotopic (exact) mass is 259 g/mol. The maximum atomic E-state index is 4.50. The van der Waals surface area contributed by atoms with Crippen LogP contribution in [-0.2, 0) is 6.54 Å². The zero-order valence-electron chi connectivity index (χ0n) is 10.3. The first kappa shape index (κ1) is 11.8. The topological polar surface area (TPSA) is 29.0 Å². The predicted molar refractivity (Wildman–Crippen MR) is 73.6 cm³/mol. The number of likely N-dealkylation sites (tertiary alicyclic amines) is 1. The van der Waals surface area contributed by atoms with E-state index in [4.69, 9.17) is 0 Å². The van der Waals surface area contributed by atoms with Crippen LogP contribution in [0.5, 0.6) is 0 Å². The van der Waals surface area contributed by atoms with E-state index in [0.29, 0.717) is 5.92 Å². The number of piperidine rings is 1. The molecule has 1 fully saturated rings. The Balaban J connectivity index is 1.65. The molecule has 2 aromatic rings. The van der Waals surface area contributed by atoms with Crippen molar-refractivity contribution >= 4 is 11.3 Å². The summed E-state index contributed by atoms with van der Waals surface area (Å²) in [4.78, 5) is 12.5. The lowest BCUT2D eigenvalue weighted by Crippen LogP contribution is -2.33. The summed E-state index contributed by atoms with van der Waals surface area (Å²) in [6.07, 6.45) is 6.41. The minimum absolute atomic E-state index is 0.591. The van der Waals surface area contributed by atoms with Gasteiger partial charge >= 0.3 is 0 Å². The van der Waals surface area contributed by atoms with E-state index in [-0.39, 0.29) is 0 Å². The fourth-order valence-corrected chi connectivity index (χ4v) is 3.23. The molecule has 1 saturated heterocycles. The minimum atomic E-state index is 0.591. The Morgan fingerprint density at radius 3 is 3.17 bits per heavy atom. The van der Waals surface area contributed by atoms with E-state index >= 15 is 0 Å². The van der Waals surface area contributed by atoms with E-state index in [1.54, 1.807) is 11.3 Å². The number of pyridine rings is 1. The number of thiazole rings is 1. The van der Waals surface area contributed by atoms with Crippen LogP contribution >= 0.6 is 11.3 Å². The van der Waals surface area contributed by atoms with Crippen LogP contribution in [0.15, 0.2) is 36.1 Å². The fraction of sp³-hybridized carbons (Fsp3) is 0.429. The third-order valence-corrected chi connectivity index (χ3v) is 4.24. The predicted octanol–water partition coefficient (Wildman–Crippen LogP) is 2.92. The Kier molecular flexibility index (Phi) is 3.67. The molecule has 0 saturated carbocycles. The maximum absolute atomic E-state index is 4.50. The average molecular weight is 259 g/mol. The number of nitrogens with zero attached hydrogens (tertiary/aromatic N) is 3. The highest BCUT2D eigenvalue weighted by molar-refractivity contribution is 7.09. The second-order valence-electron chi connectivity index (χ2n) is 4.80. The number of aromatic nitrogens is 2. The van der Waals surface area contributed by atoms with Crippen molar-refractivity contribution in [2.24, 2.45) is 0 Å². The van der Waals surface area contributed by atoms with E-state index in [2.05, 4.69) is 27.0 Å². The van der Waals surface area contributed by atoms with Gasteiger partial charge in [-0.15, -0.1) is 11.3 Å². The van der Waals surface area contributed by atoms with Gasteiger partial charge < -0.3 is 0 Å². The van der Waals surface area contributed by atoms with Crippen LogP contribution in [0, 0.1) is 0 Å². The van der Waals surface area contributed by atoms with Gasteiger partial charge in [-0.1, -0.05) is 6.07 Å². The van der Waals surface area contributed by atoms with Crippen LogP contribution in [0.4, 0.5) is 0 Å². The van der Waals surface area contributed by atoms with Crippen molar-refractivity contribution in [1.82, 2.24) is 14.9 Å². The van der Waals surface area contributed by atoms with Gasteiger partial charge in [0.05, 0.1) is 5.51 Å². The molecule has 1 atom stereocenters. The second kappa shape index (κ2) is 5.59. The molecule has 3 rings (SSSR count). The van der Waals surface area contributed by atoms with Crippen LogP contribution in [0.3, 0.4) is 0 Å². The van der Waals surface area contributed by atoms with Gasteiger partial charge in [-0.05, 0) is 31.5 Å². The van der Waals surface area contributed by atoms with Gasteiger partial charge in [0.1, 0.15) is 0 Å². The summed E-state index contributed by atoms with van der Waals surface area (Å²) in [5.74, 6) is 0.591. The standard InChI is InChI=1S/C14H17N3S/c1-2-6-16-14(5-1)12-4-3-7-17(9-12)10-13-8-15-11-18-13/h1-2,5-6,8,11-12H,3-4,7,9-10H2. The molecule has 0 bridgehead atoms. The SMILES string of the molecule is c1ccc(C2CCCN(Cc3cncs3)C2)nc1. The molecule has 0 spiro atoms. The molecule has 1 aliphatic rings. The summed E-state index contributed by atoms with van der Waals surface area (Å²) in [5, 5.41) is 0. The Labute approximate surface area is 112 Å². The Hall–Kier alpha value is -1.26. The van der Waals surface area contributed by atoms with Crippen molar-refractivity contribution in [3.8, 4) is 0 Å². The molecule has 0 aliphatic carbocycles. The molecule has 0 amide bonds. The molecule has 0 N–H and O–H groups in total. The van der Waals surface area contributed by atoms with Crippen LogP contribution in [0.25, 0.3) is 0 Å². The van der Waals surface area contributed by atoms with E-state index < -0.39 is 0 Å². The first-order chi connectivity index (χ1) is 8.92. The highest BCUT2D eigenvalue weighted by Gasteiger charge is 2.22. The lowest BCUT2D eigenvalue weighted by Gasteiger charge is -2.32. The molecule has 0 aromatic carbocycles. The number of rotatable bonds is 3. The smallest absolute Gasteiger partial charge is 0.0794 e. The largest absolute Gasteiger partial charge is 0.298 e. The Morgan fingerprint density at radius 2 is 2.39 bits per heavy atom. The highest BCUT2D eigenvalue weighted by atomic mass is 32.1. The molecule has 1 aliphatic heterocycles. The summed E-state index contributed by atoms with van der Waals surface area (Å²) >= 11 is 1.75. The highest BCUT2D eigenvalue weighted by Crippen LogP contribution is 2.26. The molecule has 3 heterocycles. The quantitative estimate of drug-likeness (QED) is 0.848. The van der Waals surface area contributed by atoms with Gasteiger partial charge in [0, 0.05) is 42.0 Å². The van der Waals surface area contributed by atoms with Gasteiger partial charge in [0.2, 0.25) is 0 Å². The van der Waals surface area contributed by atoms with E-state index in [0.717, 1.165) is 13.1 Å². The summed E-state index contributed by atoms with van der Waals surface area (Å²) in [6, 6.07) is 6.23. The number of hydrogen-bond donors (Lipinski definition) is 0. The van der Waals surface area contributed by atoms with Crippen molar-refractivity contribution in [2.45, 2.75) is 25.3 Å². The zero-order chi connectivity index (χ0) is 12.2. The van der Waals surface area contributed by atoms with Crippen LogP contribution in [0.2, 0.25) is 0 Å². The lowest BCUT2D eigenvalue weighted by atomic mass is 9.94. The summed E-state index contributed by atoms with van der Waals surface area (Å²) in [6.45, 7) is 3.35. The lowest BCUT2D eigenvalue weighted by molar-refractivity contribution is 0.200. The van der Waals surface area contributed by atoms with E-state index in [9.17, 15) is 0 Å². The summed E-state index contributed by atoms with van der Waals surface area (Å²) in [7, 11) is 0. The molecule has 18 heavy (non-hydrogen) atoms. The normalized spacial score (nSPS) is 21.0. The second-order valence-corrected chi connectivity index (χ2v) is 5.77. The Bertz CT molecular complexity index is 469. The molecular weight excluding hydrogens is 242 g/mol. The zero-order valence-corrected chi connectivity index (χ0v) is 11.1. The summed E-state index contributed by atoms with van der Waals surface area (Å²) < 4.78 is 0. The van der Waals surface area contributed by atoms with Gasteiger partial charge in [-0.25, -0.2) is 0 Å². The van der Waals surface area contributed by atoms with Gasteiger partial charge in [0.15, 0.2) is 0 Å². The first-order valence-corrected chi connectivity index (χ1v) is 7.30. The maximum Gasteiger partial charge on any atom is 0.0794 e. The molecule has 1 unspecified atom stereocenters. The van der Waals surface area contributed by atoms with Crippen LogP contribution in [0.1, 0.15) is 29.3 Å². The van der Waals surface area contributed by atoms with Crippen molar-refractivity contribution < 1.29 is 0 Å². The molecule has 0 radical (unpaired) electrons. The van der Waals surface area contributed by atoms with Crippen molar-refractivity contribution in [1.29, 1.82) is 0 Å². The van der Waals surface area contributed by atoms with Crippen molar-refractivity contribution in [2.75, 3.05) is 13.1 Å². The van der Waals surface area contributed by atoms with Crippen LogP contribution < -0.4 is 0 Å². The Morgan fingerprint density at radius 1 is 1.39 bits per heavy atom. The molecule has 4 heteroatoms. The van der Waals surface area contributed by atoms with Crippen molar-refractivity contribution in [3.05, 3.63) is 46.7 Å². The van der Waals surface area contributed by atoms with Crippen molar-refractivity contribution in [3.63, 3.8) is 0 Å². The number of hydrogen-bond acceptors (Lipinski definition) is 4.